The molecule has 1 fully saturated rings. The van der Waals surface area contributed by atoms with Crippen molar-refractivity contribution in [2.45, 2.75) is 18.9 Å². The van der Waals surface area contributed by atoms with Crippen LogP contribution < -0.4 is 16.0 Å². The van der Waals surface area contributed by atoms with E-state index in [0.29, 0.717) is 31.7 Å². The number of hydrogen-bond acceptors (Lipinski definition) is 4. The Labute approximate surface area is 133 Å². The molecule has 2 heterocycles. The highest BCUT2D eigenvalue weighted by Gasteiger charge is 2.23. The predicted molar refractivity (Wildman–Crippen MR) is 81.8 cm³/mol. The Kier molecular flexibility index (Phi) is 5.33. The molecule has 2 aliphatic heterocycles. The molecule has 0 aromatic heterocycles. The van der Waals surface area contributed by atoms with Gasteiger partial charge in [0.2, 0.25) is 11.8 Å². The number of nitrogens with one attached hydrogen (secondary N) is 3. The van der Waals surface area contributed by atoms with Crippen LogP contribution >= 0.6 is 12.4 Å². The number of amides is 2. The lowest BCUT2D eigenvalue weighted by Gasteiger charge is -2.23. The Morgan fingerprint density at radius 3 is 2.91 bits per heavy atom. The maximum absolute atomic E-state index is 14.0. The quantitative estimate of drug-likeness (QED) is 0.758. The first kappa shape index (κ1) is 16.7. The Hall–Kier alpha value is -1.70. The summed E-state index contributed by atoms with van der Waals surface area (Å²) in [5.41, 5.74) is 1.35. The summed E-state index contributed by atoms with van der Waals surface area (Å²) in [4.78, 5) is 23.4. The molecule has 0 spiro atoms. The van der Waals surface area contributed by atoms with E-state index in [2.05, 4.69) is 16.0 Å². The third-order valence-corrected chi connectivity index (χ3v) is 3.58. The zero-order chi connectivity index (χ0) is 14.8. The summed E-state index contributed by atoms with van der Waals surface area (Å²) in [5.74, 6) is -0.959. The van der Waals surface area contributed by atoms with Crippen LogP contribution in [0.1, 0.15) is 12.0 Å². The van der Waals surface area contributed by atoms with E-state index in [1.54, 1.807) is 0 Å². The molecule has 2 aliphatic rings. The number of carbonyl (C=O) groups excluding carboxylic acids is 2. The first-order valence-corrected chi connectivity index (χ1v) is 6.88. The molecule has 1 aromatic rings. The van der Waals surface area contributed by atoms with Crippen LogP contribution in [0.2, 0.25) is 0 Å². The van der Waals surface area contributed by atoms with Crippen LogP contribution in [0.4, 0.5) is 15.8 Å². The van der Waals surface area contributed by atoms with Crippen molar-refractivity contribution in [1.29, 1.82) is 0 Å². The largest absolute Gasteiger partial charge is 0.378 e. The highest BCUT2D eigenvalue weighted by Crippen LogP contribution is 2.28. The number of halogens is 2. The van der Waals surface area contributed by atoms with Gasteiger partial charge in [-0.3, -0.25) is 9.59 Å². The molecule has 0 saturated carbocycles. The lowest BCUT2D eigenvalue weighted by molar-refractivity contribution is -0.120. The molecular weight excluding hydrogens is 313 g/mol. The van der Waals surface area contributed by atoms with Crippen molar-refractivity contribution in [1.82, 2.24) is 5.32 Å². The minimum absolute atomic E-state index is 0. The van der Waals surface area contributed by atoms with Crippen molar-refractivity contribution in [2.24, 2.45) is 0 Å². The van der Waals surface area contributed by atoms with Crippen LogP contribution in [0.25, 0.3) is 0 Å². The fraction of sp³-hybridized carbons (Fsp3) is 0.429. The topological polar surface area (TPSA) is 79.5 Å². The van der Waals surface area contributed by atoms with Gasteiger partial charge in [-0.15, -0.1) is 12.4 Å². The summed E-state index contributed by atoms with van der Waals surface area (Å²) < 4.78 is 19.2. The second kappa shape index (κ2) is 7.04. The molecule has 0 bridgehead atoms. The third kappa shape index (κ3) is 3.55. The number of rotatable bonds is 2. The number of carbonyl (C=O) groups is 2. The van der Waals surface area contributed by atoms with E-state index in [4.69, 9.17) is 4.74 Å². The summed E-state index contributed by atoms with van der Waals surface area (Å²) in [6, 6.07) is 2.32. The lowest BCUT2D eigenvalue weighted by Crippen LogP contribution is -2.48. The smallest absolute Gasteiger partial charge is 0.243 e. The molecule has 0 aliphatic carbocycles. The van der Waals surface area contributed by atoms with E-state index < -0.39 is 11.9 Å². The molecule has 8 heteroatoms. The SMILES string of the molecule is Cl.O=C1CCc2cc(F)c(NC(=O)C3COCCN3)cc2N1. The molecule has 1 atom stereocenters. The van der Waals surface area contributed by atoms with Gasteiger partial charge in [0.1, 0.15) is 11.9 Å². The summed E-state index contributed by atoms with van der Waals surface area (Å²) in [6.07, 6.45) is 0.853. The minimum Gasteiger partial charge on any atom is -0.378 e. The van der Waals surface area contributed by atoms with Crippen LogP contribution in [0.3, 0.4) is 0 Å². The third-order valence-electron chi connectivity index (χ3n) is 3.58. The van der Waals surface area contributed by atoms with Crippen molar-refractivity contribution in [3.05, 3.63) is 23.5 Å². The van der Waals surface area contributed by atoms with Crippen molar-refractivity contribution in [3.63, 3.8) is 0 Å². The van der Waals surface area contributed by atoms with E-state index in [1.807, 2.05) is 0 Å². The van der Waals surface area contributed by atoms with Crippen LogP contribution in [0.15, 0.2) is 12.1 Å². The van der Waals surface area contributed by atoms with Gasteiger partial charge in [0, 0.05) is 18.7 Å². The zero-order valence-corrected chi connectivity index (χ0v) is 12.6. The number of hydrogen-bond donors (Lipinski definition) is 3. The Morgan fingerprint density at radius 2 is 2.18 bits per heavy atom. The van der Waals surface area contributed by atoms with Gasteiger partial charge >= 0.3 is 0 Å². The second-order valence-corrected chi connectivity index (χ2v) is 5.11. The summed E-state index contributed by atoms with van der Waals surface area (Å²) in [7, 11) is 0. The molecule has 6 nitrogen and oxygen atoms in total. The summed E-state index contributed by atoms with van der Waals surface area (Å²) in [5, 5.41) is 8.22. The molecule has 1 unspecified atom stereocenters. The number of aryl methyl sites for hydroxylation is 1. The number of morpholine rings is 1. The number of fused-ring (bicyclic) bond motifs is 1. The van der Waals surface area contributed by atoms with E-state index in [-0.39, 0.29) is 36.5 Å². The van der Waals surface area contributed by atoms with Crippen LogP contribution in [-0.2, 0) is 20.7 Å². The van der Waals surface area contributed by atoms with Gasteiger partial charge in [-0.1, -0.05) is 0 Å². The first-order chi connectivity index (χ1) is 10.1. The normalized spacial score (nSPS) is 20.4. The fourth-order valence-corrected chi connectivity index (χ4v) is 2.45. The van der Waals surface area contributed by atoms with E-state index in [1.165, 1.54) is 12.1 Å². The number of ether oxygens (including phenoxy) is 1. The molecule has 0 radical (unpaired) electrons. The maximum Gasteiger partial charge on any atom is 0.243 e. The van der Waals surface area contributed by atoms with E-state index in [0.717, 1.165) is 5.56 Å². The van der Waals surface area contributed by atoms with Crippen molar-refractivity contribution in [3.8, 4) is 0 Å². The van der Waals surface area contributed by atoms with Crippen LogP contribution in [0, 0.1) is 5.82 Å². The van der Waals surface area contributed by atoms with Crippen molar-refractivity contribution >= 4 is 35.6 Å². The Morgan fingerprint density at radius 1 is 1.36 bits per heavy atom. The van der Waals surface area contributed by atoms with Gasteiger partial charge in [0.15, 0.2) is 0 Å². The van der Waals surface area contributed by atoms with Crippen LogP contribution in [-0.4, -0.2) is 37.6 Å². The van der Waals surface area contributed by atoms with Gasteiger partial charge in [-0.2, -0.15) is 0 Å². The van der Waals surface area contributed by atoms with Crippen LogP contribution in [0.5, 0.6) is 0 Å². The van der Waals surface area contributed by atoms with Gasteiger partial charge in [0.25, 0.3) is 0 Å². The average molecular weight is 330 g/mol. The summed E-state index contributed by atoms with van der Waals surface area (Å²) >= 11 is 0. The van der Waals surface area contributed by atoms with Crippen molar-refractivity contribution < 1.29 is 18.7 Å². The highest BCUT2D eigenvalue weighted by atomic mass is 35.5. The number of anilines is 2. The van der Waals surface area contributed by atoms with Gasteiger partial charge in [-0.05, 0) is 24.1 Å². The highest BCUT2D eigenvalue weighted by molar-refractivity contribution is 5.98. The Bertz CT molecular complexity index is 591. The molecule has 1 saturated heterocycles. The van der Waals surface area contributed by atoms with Gasteiger partial charge in [-0.25, -0.2) is 4.39 Å². The average Bonchev–Trinajstić information content (AvgIpc) is 2.49. The molecule has 3 N–H and O–H groups in total. The Balaban J connectivity index is 0.00000176. The predicted octanol–water partition coefficient (Wildman–Crippen LogP) is 1.06. The standard InChI is InChI=1S/C14H16FN3O3.ClH/c15-9-5-8-1-2-13(19)17-10(8)6-11(9)18-14(20)12-7-21-4-3-16-12;/h5-6,12,16H,1-4,7H2,(H,17,19)(H,18,20);1H. The second-order valence-electron chi connectivity index (χ2n) is 5.11. The maximum atomic E-state index is 14.0. The number of benzene rings is 1. The molecule has 3 rings (SSSR count). The lowest BCUT2D eigenvalue weighted by atomic mass is 10.0. The molecule has 1 aromatic carbocycles. The van der Waals surface area contributed by atoms with Crippen molar-refractivity contribution in [2.75, 3.05) is 30.4 Å². The molecule has 2 amide bonds. The molecule has 22 heavy (non-hydrogen) atoms. The van der Waals surface area contributed by atoms with E-state index >= 15 is 0 Å². The molecule has 120 valence electrons. The minimum atomic E-state index is -0.505. The van der Waals surface area contributed by atoms with Gasteiger partial charge in [0.05, 0.1) is 18.9 Å². The monoisotopic (exact) mass is 329 g/mol. The fourth-order valence-electron chi connectivity index (χ4n) is 2.45. The van der Waals surface area contributed by atoms with Gasteiger partial charge < -0.3 is 20.7 Å². The zero-order valence-electron chi connectivity index (χ0n) is 11.8. The summed E-state index contributed by atoms with van der Waals surface area (Å²) in [6.45, 7) is 1.40. The van der Waals surface area contributed by atoms with E-state index in [9.17, 15) is 14.0 Å². The molecular formula is C14H17ClFN3O3. The first-order valence-electron chi connectivity index (χ1n) is 6.88.